The van der Waals surface area contributed by atoms with Gasteiger partial charge in [-0.25, -0.2) is 4.79 Å². The molecule has 0 fully saturated rings. The largest absolute Gasteiger partial charge is 0.465 e. The third-order valence-corrected chi connectivity index (χ3v) is 2.58. The summed E-state index contributed by atoms with van der Waals surface area (Å²) in [4.78, 5) is 22.7. The van der Waals surface area contributed by atoms with Gasteiger partial charge in [-0.1, -0.05) is 19.1 Å². The fourth-order valence-corrected chi connectivity index (χ4v) is 1.52. The molecule has 1 amide bonds. The van der Waals surface area contributed by atoms with E-state index in [0.717, 1.165) is 18.5 Å². The van der Waals surface area contributed by atoms with Gasteiger partial charge in [-0.15, -0.1) is 0 Å². The molecular weight excluding hydrogens is 244 g/mol. The summed E-state index contributed by atoms with van der Waals surface area (Å²) in [5, 5.41) is 5.83. The van der Waals surface area contributed by atoms with Gasteiger partial charge in [-0.3, -0.25) is 4.79 Å². The maximum Gasteiger partial charge on any atom is 0.337 e. The quantitative estimate of drug-likeness (QED) is 0.571. The number of benzene rings is 1. The molecule has 1 aromatic carbocycles. The van der Waals surface area contributed by atoms with Gasteiger partial charge in [0.2, 0.25) is 5.91 Å². The molecule has 0 bridgehead atoms. The van der Waals surface area contributed by atoms with Crippen molar-refractivity contribution in [1.29, 1.82) is 0 Å². The van der Waals surface area contributed by atoms with E-state index in [4.69, 9.17) is 0 Å². The number of carbonyl (C=O) groups is 2. The lowest BCUT2D eigenvalue weighted by atomic mass is 10.1. The predicted octanol–water partition coefficient (Wildman–Crippen LogP) is 1.09. The van der Waals surface area contributed by atoms with Crippen LogP contribution in [0.4, 0.5) is 0 Å². The van der Waals surface area contributed by atoms with Crippen LogP contribution in [0, 0.1) is 0 Å². The van der Waals surface area contributed by atoms with Crippen LogP contribution in [0.25, 0.3) is 0 Å². The van der Waals surface area contributed by atoms with Crippen LogP contribution in [0.1, 0.15) is 29.3 Å². The molecule has 0 radical (unpaired) electrons. The van der Waals surface area contributed by atoms with Gasteiger partial charge in [0, 0.05) is 6.54 Å². The summed E-state index contributed by atoms with van der Waals surface area (Å²) in [6.45, 7) is 3.66. The third-order valence-electron chi connectivity index (χ3n) is 2.58. The lowest BCUT2D eigenvalue weighted by Crippen LogP contribution is -2.33. The molecule has 5 heteroatoms. The minimum Gasteiger partial charge on any atom is -0.465 e. The maximum absolute atomic E-state index is 11.5. The number of carbonyl (C=O) groups excluding carboxylic acids is 2. The first-order valence-corrected chi connectivity index (χ1v) is 6.32. The smallest absolute Gasteiger partial charge is 0.337 e. The molecule has 0 aliphatic heterocycles. The average Bonchev–Trinajstić information content (AvgIpc) is 2.45. The van der Waals surface area contributed by atoms with Crippen LogP contribution in [0.2, 0.25) is 0 Å². The molecule has 104 valence electrons. The molecule has 1 aromatic rings. The number of methoxy groups -OCH3 is 1. The molecule has 2 N–H and O–H groups in total. The van der Waals surface area contributed by atoms with Crippen LogP contribution >= 0.6 is 0 Å². The van der Waals surface area contributed by atoms with Gasteiger partial charge in [-0.2, -0.15) is 0 Å². The van der Waals surface area contributed by atoms with E-state index in [2.05, 4.69) is 15.4 Å². The number of esters is 1. The van der Waals surface area contributed by atoms with Gasteiger partial charge in [0.15, 0.2) is 0 Å². The van der Waals surface area contributed by atoms with E-state index in [-0.39, 0.29) is 11.9 Å². The fourth-order valence-electron chi connectivity index (χ4n) is 1.52. The molecule has 0 saturated carbocycles. The van der Waals surface area contributed by atoms with E-state index >= 15 is 0 Å². The van der Waals surface area contributed by atoms with Crippen molar-refractivity contribution in [3.63, 3.8) is 0 Å². The molecule has 1 rings (SSSR count). The molecule has 0 unspecified atom stereocenters. The summed E-state index contributed by atoms with van der Waals surface area (Å²) in [5.41, 5.74) is 1.44. The monoisotopic (exact) mass is 264 g/mol. The van der Waals surface area contributed by atoms with Gasteiger partial charge in [0.1, 0.15) is 0 Å². The Labute approximate surface area is 113 Å². The summed E-state index contributed by atoms with van der Waals surface area (Å²) in [5.74, 6) is -0.398. The second-order valence-corrected chi connectivity index (χ2v) is 4.14. The molecule has 0 heterocycles. The molecule has 5 nitrogen and oxygen atoms in total. The van der Waals surface area contributed by atoms with Crippen LogP contribution in [0.3, 0.4) is 0 Å². The van der Waals surface area contributed by atoms with E-state index in [9.17, 15) is 9.59 Å². The molecule has 0 saturated heterocycles. The first-order chi connectivity index (χ1) is 9.17. The number of ether oxygens (including phenoxy) is 1. The van der Waals surface area contributed by atoms with Gasteiger partial charge < -0.3 is 15.4 Å². The molecule has 0 atom stereocenters. The fraction of sp³-hybridized carbons (Fsp3) is 0.429. The Morgan fingerprint density at radius 3 is 2.47 bits per heavy atom. The Kier molecular flexibility index (Phi) is 6.60. The summed E-state index contributed by atoms with van der Waals surface area (Å²) < 4.78 is 4.61. The van der Waals surface area contributed by atoms with E-state index in [1.165, 1.54) is 7.11 Å². The average molecular weight is 264 g/mol. The second kappa shape index (κ2) is 8.26. The molecule has 19 heavy (non-hydrogen) atoms. The Morgan fingerprint density at radius 2 is 1.89 bits per heavy atom. The second-order valence-electron chi connectivity index (χ2n) is 4.14. The van der Waals surface area contributed by atoms with E-state index in [1.54, 1.807) is 24.3 Å². The van der Waals surface area contributed by atoms with Crippen LogP contribution in [-0.4, -0.2) is 32.1 Å². The minimum atomic E-state index is -0.362. The van der Waals surface area contributed by atoms with E-state index < -0.39 is 0 Å². The van der Waals surface area contributed by atoms with Crippen molar-refractivity contribution in [3.05, 3.63) is 35.4 Å². The van der Waals surface area contributed by atoms with Crippen LogP contribution < -0.4 is 10.6 Å². The lowest BCUT2D eigenvalue weighted by molar-refractivity contribution is -0.120. The van der Waals surface area contributed by atoms with Crippen molar-refractivity contribution >= 4 is 11.9 Å². The van der Waals surface area contributed by atoms with Gasteiger partial charge >= 0.3 is 5.97 Å². The van der Waals surface area contributed by atoms with Crippen molar-refractivity contribution in [2.45, 2.75) is 19.9 Å². The molecule has 0 aromatic heterocycles. The third kappa shape index (κ3) is 5.52. The highest BCUT2D eigenvalue weighted by Gasteiger charge is 2.05. The number of rotatable bonds is 7. The first kappa shape index (κ1) is 15.2. The number of amides is 1. The van der Waals surface area contributed by atoms with Crippen LogP contribution in [-0.2, 0) is 16.1 Å². The standard InChI is InChI=1S/C14H20N2O3/c1-3-8-15-10-13(17)16-9-11-4-6-12(7-5-11)14(18)19-2/h4-7,15H,3,8-10H2,1-2H3,(H,16,17). The predicted molar refractivity (Wildman–Crippen MR) is 72.8 cm³/mol. The minimum absolute atomic E-state index is 0.0366. The zero-order chi connectivity index (χ0) is 14.1. The summed E-state index contributed by atoms with van der Waals surface area (Å²) in [6, 6.07) is 6.96. The maximum atomic E-state index is 11.5. The zero-order valence-electron chi connectivity index (χ0n) is 11.4. The van der Waals surface area contributed by atoms with Gasteiger partial charge in [-0.05, 0) is 30.7 Å². The summed E-state index contributed by atoms with van der Waals surface area (Å²) in [6.07, 6.45) is 1.00. The molecule has 0 aliphatic carbocycles. The molecular formula is C14H20N2O3. The summed E-state index contributed by atoms with van der Waals surface area (Å²) >= 11 is 0. The number of nitrogens with one attached hydrogen (secondary N) is 2. The Bertz CT molecular complexity index is 415. The summed E-state index contributed by atoms with van der Waals surface area (Å²) in [7, 11) is 1.35. The highest BCUT2D eigenvalue weighted by molar-refractivity contribution is 5.89. The number of hydrogen-bond donors (Lipinski definition) is 2. The Morgan fingerprint density at radius 1 is 1.21 bits per heavy atom. The van der Waals surface area contributed by atoms with Crippen molar-refractivity contribution in [2.75, 3.05) is 20.2 Å². The SMILES string of the molecule is CCCNCC(=O)NCc1ccc(C(=O)OC)cc1. The van der Waals surface area contributed by atoms with E-state index in [1.807, 2.05) is 6.92 Å². The highest BCUT2D eigenvalue weighted by atomic mass is 16.5. The normalized spacial score (nSPS) is 10.0. The van der Waals surface area contributed by atoms with Crippen molar-refractivity contribution in [3.8, 4) is 0 Å². The Hall–Kier alpha value is -1.88. The van der Waals surface area contributed by atoms with Crippen molar-refractivity contribution < 1.29 is 14.3 Å². The lowest BCUT2D eigenvalue weighted by Gasteiger charge is -2.06. The highest BCUT2D eigenvalue weighted by Crippen LogP contribution is 2.05. The van der Waals surface area contributed by atoms with Crippen molar-refractivity contribution in [2.24, 2.45) is 0 Å². The first-order valence-electron chi connectivity index (χ1n) is 6.32. The zero-order valence-corrected chi connectivity index (χ0v) is 11.4. The Balaban J connectivity index is 2.37. The van der Waals surface area contributed by atoms with Gasteiger partial charge in [0.25, 0.3) is 0 Å². The molecule has 0 spiro atoms. The van der Waals surface area contributed by atoms with Gasteiger partial charge in [0.05, 0.1) is 19.2 Å². The number of hydrogen-bond acceptors (Lipinski definition) is 4. The van der Waals surface area contributed by atoms with E-state index in [0.29, 0.717) is 18.7 Å². The van der Waals surface area contributed by atoms with Crippen LogP contribution in [0.5, 0.6) is 0 Å². The van der Waals surface area contributed by atoms with Crippen LogP contribution in [0.15, 0.2) is 24.3 Å². The topological polar surface area (TPSA) is 67.4 Å². The molecule has 0 aliphatic rings. The van der Waals surface area contributed by atoms with Crippen molar-refractivity contribution in [1.82, 2.24) is 10.6 Å².